The summed E-state index contributed by atoms with van der Waals surface area (Å²) in [6.45, 7) is 2.72. The summed E-state index contributed by atoms with van der Waals surface area (Å²) in [5.74, 6) is -2.37. The van der Waals surface area contributed by atoms with Crippen molar-refractivity contribution in [3.05, 3.63) is 39.4 Å². The van der Waals surface area contributed by atoms with Gasteiger partial charge >= 0.3 is 5.97 Å². The van der Waals surface area contributed by atoms with Gasteiger partial charge in [-0.3, -0.25) is 19.7 Å². The Morgan fingerprint density at radius 2 is 2.00 bits per heavy atom. The number of carbonyl (C=O) groups is 3. The summed E-state index contributed by atoms with van der Waals surface area (Å²) < 4.78 is 0. The molecular formula is C14H17N3O6. The highest BCUT2D eigenvalue weighted by Gasteiger charge is 2.18. The molecule has 9 nitrogen and oxygen atoms in total. The first kappa shape index (κ1) is 18.1. The van der Waals surface area contributed by atoms with Crippen LogP contribution >= 0.6 is 0 Å². The Bertz CT molecular complexity index is 643. The molecule has 0 saturated carbocycles. The first-order chi connectivity index (χ1) is 10.8. The number of nitrogens with one attached hydrogen (secondary N) is 2. The summed E-state index contributed by atoms with van der Waals surface area (Å²) in [5, 5.41) is 24.1. The quantitative estimate of drug-likeness (QED) is 0.496. The third-order valence-corrected chi connectivity index (χ3v) is 3.11. The molecule has 0 heterocycles. The number of nitro benzene ring substituents is 1. The molecule has 1 aromatic rings. The zero-order valence-corrected chi connectivity index (χ0v) is 12.7. The summed E-state index contributed by atoms with van der Waals surface area (Å²) >= 11 is 0. The molecule has 0 fully saturated rings. The van der Waals surface area contributed by atoms with Crippen molar-refractivity contribution < 1.29 is 24.4 Å². The predicted octanol–water partition coefficient (Wildman–Crippen LogP) is 0.612. The van der Waals surface area contributed by atoms with Crippen molar-refractivity contribution in [2.45, 2.75) is 26.3 Å². The van der Waals surface area contributed by atoms with Gasteiger partial charge in [0.1, 0.15) is 6.04 Å². The van der Waals surface area contributed by atoms with Crippen LogP contribution in [-0.4, -0.2) is 40.4 Å². The lowest BCUT2D eigenvalue weighted by Gasteiger charge is -2.12. The second-order valence-electron chi connectivity index (χ2n) is 4.81. The molecule has 0 spiro atoms. The van der Waals surface area contributed by atoms with Gasteiger partial charge in [0.15, 0.2) is 0 Å². The molecule has 124 valence electrons. The van der Waals surface area contributed by atoms with Crippen molar-refractivity contribution in [3.63, 3.8) is 0 Å². The minimum Gasteiger partial charge on any atom is -0.480 e. The molecule has 1 aromatic carbocycles. The lowest BCUT2D eigenvalue weighted by molar-refractivity contribution is -0.385. The first-order valence-corrected chi connectivity index (χ1v) is 6.81. The van der Waals surface area contributed by atoms with Crippen molar-refractivity contribution in [1.82, 2.24) is 10.6 Å². The molecule has 0 aromatic heterocycles. The molecule has 0 bridgehead atoms. The van der Waals surface area contributed by atoms with E-state index in [0.717, 1.165) is 0 Å². The summed E-state index contributed by atoms with van der Waals surface area (Å²) in [5.41, 5.74) is 0.391. The number of hydrogen-bond donors (Lipinski definition) is 3. The monoisotopic (exact) mass is 323 g/mol. The fourth-order valence-corrected chi connectivity index (χ4v) is 1.85. The van der Waals surface area contributed by atoms with E-state index < -0.39 is 35.3 Å². The molecular weight excluding hydrogens is 306 g/mol. The van der Waals surface area contributed by atoms with Crippen LogP contribution in [0.5, 0.6) is 0 Å². The SMILES string of the molecule is CCC(NC(=O)CNC(=O)c1ccc([N+](=O)[O-])c(C)c1)C(=O)O. The van der Waals surface area contributed by atoms with Gasteiger partial charge < -0.3 is 15.7 Å². The van der Waals surface area contributed by atoms with E-state index in [4.69, 9.17) is 5.11 Å². The zero-order valence-electron chi connectivity index (χ0n) is 12.7. The number of nitro groups is 1. The fourth-order valence-electron chi connectivity index (χ4n) is 1.85. The Hall–Kier alpha value is -2.97. The van der Waals surface area contributed by atoms with Crippen LogP contribution in [0.15, 0.2) is 18.2 Å². The summed E-state index contributed by atoms with van der Waals surface area (Å²) in [7, 11) is 0. The lowest BCUT2D eigenvalue weighted by Crippen LogP contribution is -2.45. The van der Waals surface area contributed by atoms with Crippen molar-refractivity contribution in [2.24, 2.45) is 0 Å². The van der Waals surface area contributed by atoms with Gasteiger partial charge in [0.25, 0.3) is 11.6 Å². The molecule has 1 unspecified atom stereocenters. The zero-order chi connectivity index (χ0) is 17.6. The third kappa shape index (κ3) is 5.06. The Morgan fingerprint density at radius 3 is 2.48 bits per heavy atom. The van der Waals surface area contributed by atoms with Crippen LogP contribution in [0.1, 0.15) is 29.3 Å². The Balaban J connectivity index is 2.63. The second kappa shape index (κ2) is 7.87. The van der Waals surface area contributed by atoms with Gasteiger partial charge in [-0.2, -0.15) is 0 Å². The number of aliphatic carboxylic acids is 1. The van der Waals surface area contributed by atoms with Crippen LogP contribution in [-0.2, 0) is 9.59 Å². The molecule has 2 amide bonds. The van der Waals surface area contributed by atoms with E-state index in [1.807, 2.05) is 0 Å². The molecule has 0 radical (unpaired) electrons. The topological polar surface area (TPSA) is 139 Å². The van der Waals surface area contributed by atoms with E-state index in [-0.39, 0.29) is 17.7 Å². The summed E-state index contributed by atoms with van der Waals surface area (Å²) in [6.07, 6.45) is 0.219. The normalized spacial score (nSPS) is 11.4. The maximum absolute atomic E-state index is 11.9. The van der Waals surface area contributed by atoms with Crippen molar-refractivity contribution in [3.8, 4) is 0 Å². The smallest absolute Gasteiger partial charge is 0.326 e. The molecule has 1 atom stereocenters. The highest BCUT2D eigenvalue weighted by molar-refractivity contribution is 5.97. The van der Waals surface area contributed by atoms with Crippen LogP contribution in [0.4, 0.5) is 5.69 Å². The van der Waals surface area contributed by atoms with Crippen LogP contribution in [0.3, 0.4) is 0 Å². The summed E-state index contributed by atoms with van der Waals surface area (Å²) in [6, 6.07) is 2.82. The molecule has 0 aliphatic heterocycles. The van der Waals surface area contributed by atoms with Crippen LogP contribution in [0, 0.1) is 17.0 Å². The number of carboxylic acids is 1. The van der Waals surface area contributed by atoms with Gasteiger partial charge in [0.2, 0.25) is 5.91 Å². The number of carbonyl (C=O) groups excluding carboxylic acids is 2. The first-order valence-electron chi connectivity index (χ1n) is 6.81. The van der Waals surface area contributed by atoms with E-state index in [1.54, 1.807) is 6.92 Å². The van der Waals surface area contributed by atoms with Gasteiger partial charge in [-0.05, 0) is 25.5 Å². The van der Waals surface area contributed by atoms with Crippen LogP contribution < -0.4 is 10.6 Å². The fraction of sp³-hybridized carbons (Fsp3) is 0.357. The van der Waals surface area contributed by atoms with Crippen molar-refractivity contribution in [2.75, 3.05) is 6.54 Å². The number of benzene rings is 1. The minimum atomic E-state index is -1.15. The number of aryl methyl sites for hydroxylation is 1. The average Bonchev–Trinajstić information content (AvgIpc) is 2.49. The molecule has 3 N–H and O–H groups in total. The Morgan fingerprint density at radius 1 is 1.35 bits per heavy atom. The standard InChI is InChI=1S/C14H17N3O6/c1-3-10(14(20)21)16-12(18)7-15-13(19)9-4-5-11(17(22)23)8(2)6-9/h4-6,10H,3,7H2,1-2H3,(H,15,19)(H,16,18)(H,20,21). The van der Waals surface area contributed by atoms with Gasteiger partial charge in [-0.15, -0.1) is 0 Å². The molecule has 0 saturated heterocycles. The van der Waals surface area contributed by atoms with Gasteiger partial charge in [-0.25, -0.2) is 4.79 Å². The van der Waals surface area contributed by atoms with E-state index in [0.29, 0.717) is 5.56 Å². The molecule has 1 rings (SSSR count). The highest BCUT2D eigenvalue weighted by Crippen LogP contribution is 2.18. The Kier molecular flexibility index (Phi) is 6.19. The molecule has 0 aliphatic rings. The third-order valence-electron chi connectivity index (χ3n) is 3.11. The van der Waals surface area contributed by atoms with E-state index in [9.17, 15) is 24.5 Å². The van der Waals surface area contributed by atoms with E-state index in [2.05, 4.69) is 10.6 Å². The van der Waals surface area contributed by atoms with Gasteiger partial charge in [0.05, 0.1) is 11.5 Å². The molecule has 9 heteroatoms. The van der Waals surface area contributed by atoms with Crippen molar-refractivity contribution >= 4 is 23.5 Å². The maximum atomic E-state index is 11.9. The maximum Gasteiger partial charge on any atom is 0.326 e. The lowest BCUT2D eigenvalue weighted by atomic mass is 10.1. The number of nitrogens with zero attached hydrogens (tertiary/aromatic N) is 1. The Labute approximate surface area is 131 Å². The van der Waals surface area contributed by atoms with Gasteiger partial charge in [-0.1, -0.05) is 6.92 Å². The second-order valence-corrected chi connectivity index (χ2v) is 4.81. The summed E-state index contributed by atoms with van der Waals surface area (Å²) in [4.78, 5) is 44.4. The number of amides is 2. The van der Waals surface area contributed by atoms with Gasteiger partial charge in [0, 0.05) is 17.2 Å². The highest BCUT2D eigenvalue weighted by atomic mass is 16.6. The molecule has 0 aliphatic carbocycles. The molecule has 23 heavy (non-hydrogen) atoms. The number of carboxylic acid groups (broad SMARTS) is 1. The van der Waals surface area contributed by atoms with Crippen molar-refractivity contribution in [1.29, 1.82) is 0 Å². The largest absolute Gasteiger partial charge is 0.480 e. The predicted molar refractivity (Wildman–Crippen MR) is 80.0 cm³/mol. The van der Waals surface area contributed by atoms with Crippen LogP contribution in [0.25, 0.3) is 0 Å². The average molecular weight is 323 g/mol. The number of rotatable bonds is 7. The number of hydrogen-bond acceptors (Lipinski definition) is 5. The van der Waals surface area contributed by atoms with E-state index >= 15 is 0 Å². The van der Waals surface area contributed by atoms with E-state index in [1.165, 1.54) is 25.1 Å². The minimum absolute atomic E-state index is 0.105. The van der Waals surface area contributed by atoms with Crippen LogP contribution in [0.2, 0.25) is 0 Å².